The van der Waals surface area contributed by atoms with E-state index in [-0.39, 0.29) is 49.8 Å². The molecule has 6 heteroatoms. The van der Waals surface area contributed by atoms with Crippen LogP contribution in [0, 0.1) is 44.1 Å². The zero-order valence-electron chi connectivity index (χ0n) is 11.5. The predicted octanol–water partition coefficient (Wildman–Crippen LogP) is 3.42. The van der Waals surface area contributed by atoms with Gasteiger partial charge >= 0.3 is 5.97 Å². The summed E-state index contributed by atoms with van der Waals surface area (Å²) in [6, 6.07) is 5.08. The predicted molar refractivity (Wildman–Crippen MR) is 80.8 cm³/mol. The number of rotatable bonds is 5. The van der Waals surface area contributed by atoms with E-state index < -0.39 is 14.0 Å². The molecule has 0 spiro atoms. The normalized spacial score (nSPS) is 11.6. The van der Waals surface area contributed by atoms with Crippen LogP contribution in [0.5, 0.6) is 0 Å². The first-order valence-corrected chi connectivity index (χ1v) is 9.66. The van der Waals surface area contributed by atoms with E-state index in [4.69, 9.17) is 5.73 Å². The van der Waals surface area contributed by atoms with E-state index in [1.54, 1.807) is 17.4 Å². The molecule has 0 aliphatic carbocycles. The summed E-state index contributed by atoms with van der Waals surface area (Å²) in [4.78, 5) is 12.1. The maximum absolute atomic E-state index is 11.1. The van der Waals surface area contributed by atoms with E-state index in [0.29, 0.717) is 0 Å². The minimum Gasteiger partial charge on any atom is -0.693 e. The second kappa shape index (κ2) is 8.41. The molecule has 1 heterocycles. The van der Waals surface area contributed by atoms with Crippen LogP contribution in [-0.2, 0) is 9.53 Å². The molecule has 1 aromatic heterocycles. The number of nitrogens with one attached hydrogen (secondary N) is 1. The molecule has 0 aliphatic heterocycles. The first kappa shape index (κ1) is 19.1. The largest absolute Gasteiger partial charge is 0.693 e. The monoisotopic (exact) mass is 507 g/mol. The number of allylic oxidation sites excluding steroid dienone is 1. The van der Waals surface area contributed by atoms with Crippen molar-refractivity contribution in [1.82, 2.24) is 0 Å². The van der Waals surface area contributed by atoms with Crippen LogP contribution in [0.15, 0.2) is 30.5 Å². The first-order chi connectivity index (χ1) is 8.40. The fourth-order valence-corrected chi connectivity index (χ4v) is 5.44. The summed E-state index contributed by atoms with van der Waals surface area (Å²) in [6.45, 7) is 8.37. The number of methoxy groups -OCH3 is 1. The molecule has 1 radical (unpaired) electrons. The second-order valence-corrected chi connectivity index (χ2v) is 10.8. The number of hydrogen-bond acceptors (Lipinski definition) is 3. The summed E-state index contributed by atoms with van der Waals surface area (Å²) in [5.74, 6) is -0.604. The van der Waals surface area contributed by atoms with Crippen molar-refractivity contribution in [3.8, 4) is 0 Å². The zero-order chi connectivity index (χ0) is 13.8. The average Bonchev–Trinajstić information content (AvgIpc) is 2.77. The van der Waals surface area contributed by atoms with E-state index >= 15 is 0 Å². The Morgan fingerprint density at radius 3 is 2.68 bits per heavy atom. The number of carbonyl (C=O) groups is 1. The van der Waals surface area contributed by atoms with Crippen molar-refractivity contribution in [3.05, 3.63) is 41.1 Å². The van der Waals surface area contributed by atoms with Crippen LogP contribution < -0.4 is 4.50 Å². The van der Waals surface area contributed by atoms with Crippen molar-refractivity contribution in [1.29, 1.82) is 0 Å². The summed E-state index contributed by atoms with van der Waals surface area (Å²) in [5, 5.41) is 0. The maximum Gasteiger partial charge on any atom is 0.315 e. The molecule has 0 amide bonds. The molecule has 0 saturated heterocycles. The third-order valence-electron chi connectivity index (χ3n) is 2.64. The molecular weight excluding hydrogens is 489 g/mol. The third kappa shape index (κ3) is 5.55. The molecule has 3 nitrogen and oxygen atoms in total. The summed E-state index contributed by atoms with van der Waals surface area (Å²) < 4.78 is 5.86. The molecule has 0 aliphatic rings. The van der Waals surface area contributed by atoms with Gasteiger partial charge in [0.2, 0.25) is 0 Å². The van der Waals surface area contributed by atoms with Gasteiger partial charge in [0.05, 0.1) is 15.2 Å². The van der Waals surface area contributed by atoms with Crippen LogP contribution in [0.1, 0.15) is 4.88 Å². The van der Waals surface area contributed by atoms with Crippen molar-refractivity contribution < 1.29 is 53.6 Å². The Labute approximate surface area is 155 Å². The van der Waals surface area contributed by atoms with Crippen LogP contribution in [0.3, 0.4) is 0 Å². The number of ether oxygens (including phenoxy) is 1. The summed E-state index contributed by atoms with van der Waals surface area (Å²) in [6.07, 6.45) is 3.52. The van der Waals surface area contributed by atoms with Gasteiger partial charge in [0.15, 0.2) is 0 Å². The Morgan fingerprint density at radius 2 is 2.16 bits per heavy atom. The summed E-state index contributed by atoms with van der Waals surface area (Å²) >= 11 is 1.65. The fraction of sp³-hybridized carbons (Fsp3) is 0.308. The van der Waals surface area contributed by atoms with Crippen LogP contribution in [0.25, 0.3) is 11.8 Å². The molecule has 1 N–H and O–H groups in total. The van der Waals surface area contributed by atoms with Gasteiger partial charge in [-0.2, -0.15) is 0 Å². The van der Waals surface area contributed by atoms with Gasteiger partial charge in [-0.3, -0.25) is 0 Å². The van der Waals surface area contributed by atoms with Gasteiger partial charge in [-0.25, -0.2) is 4.79 Å². The maximum atomic E-state index is 11.1. The van der Waals surface area contributed by atoms with Crippen molar-refractivity contribution in [2.75, 3.05) is 7.11 Å². The Bertz CT molecular complexity index is 483. The van der Waals surface area contributed by atoms with E-state index in [2.05, 4.69) is 30.5 Å². The molecule has 0 aromatic carbocycles. The van der Waals surface area contributed by atoms with Gasteiger partial charge < -0.3 is 10.5 Å². The van der Waals surface area contributed by atoms with E-state index in [0.717, 1.165) is 10.9 Å². The number of thiophene rings is 1. The molecule has 0 saturated carbocycles. The van der Waals surface area contributed by atoms with Crippen LogP contribution in [-0.4, -0.2) is 21.2 Å². The van der Waals surface area contributed by atoms with Crippen LogP contribution in [0.2, 0.25) is 19.1 Å². The Hall–Kier alpha value is 0.108. The van der Waals surface area contributed by atoms with E-state index in [1.165, 1.54) is 11.6 Å². The molecule has 0 bridgehead atoms. The molecule has 0 fully saturated rings. The Morgan fingerprint density at radius 1 is 1.53 bits per heavy atom. The van der Waals surface area contributed by atoms with E-state index in [1.807, 2.05) is 12.1 Å². The van der Waals surface area contributed by atoms with Crippen molar-refractivity contribution in [2.24, 2.45) is 0 Å². The number of hydrogen-bond donors (Lipinski definition) is 0. The zero-order valence-corrected chi connectivity index (χ0v) is 18.1. The van der Waals surface area contributed by atoms with Crippen molar-refractivity contribution in [2.45, 2.75) is 19.1 Å². The minimum absolute atomic E-state index is 0. The quantitative estimate of drug-likeness (QED) is 0.266. The smallest absolute Gasteiger partial charge is 0.315 e. The molecule has 1 aromatic rings. The van der Waals surface area contributed by atoms with Crippen molar-refractivity contribution in [3.63, 3.8) is 0 Å². The average molecular weight is 507 g/mol. The standard InChI is InChI=1S/C13H18NO2SSi.Ac/c1-5-8-18(3,4)12-7-6-10(17-12)9-11(14)13(15)16-2;/h5-7,9,14H,1,8H2,2-4H3;/q-1;/b11-9+;. The first-order valence-electron chi connectivity index (χ1n) is 5.63. The molecular formula is C13H18AcNO2SSi-. The van der Waals surface area contributed by atoms with Gasteiger partial charge in [-0.15, -0.1) is 17.9 Å². The van der Waals surface area contributed by atoms with Crippen LogP contribution >= 0.6 is 11.3 Å². The second-order valence-electron chi connectivity index (χ2n) is 4.63. The Balaban J connectivity index is 0.00000324. The number of carbonyl (C=O) groups excluding carboxylic acids is 1. The molecule has 0 unspecified atom stereocenters. The van der Waals surface area contributed by atoms with Gasteiger partial charge in [-0.05, 0) is 16.6 Å². The topological polar surface area (TPSA) is 50.1 Å². The van der Waals surface area contributed by atoms with E-state index in [9.17, 15) is 4.79 Å². The van der Waals surface area contributed by atoms with Gasteiger partial charge in [-0.1, -0.05) is 37.0 Å². The SMILES string of the molecule is C=CC[Si](C)(C)c1ccc(/C=C(/[NH-])C(=O)OC)s1.[Ac]. The third-order valence-corrected chi connectivity index (χ3v) is 8.26. The van der Waals surface area contributed by atoms with Crippen LogP contribution in [0.4, 0.5) is 0 Å². The summed E-state index contributed by atoms with van der Waals surface area (Å²) in [5.41, 5.74) is 7.43. The van der Waals surface area contributed by atoms with Crippen molar-refractivity contribution >= 4 is 36.0 Å². The Kier molecular flexibility index (Phi) is 8.46. The minimum atomic E-state index is -1.45. The molecule has 1 rings (SSSR count). The molecule has 19 heavy (non-hydrogen) atoms. The fourth-order valence-electron chi connectivity index (χ4n) is 1.57. The van der Waals surface area contributed by atoms with Gasteiger partial charge in [0.1, 0.15) is 0 Å². The molecule has 0 atom stereocenters. The van der Waals surface area contributed by atoms with Gasteiger partial charge in [0.25, 0.3) is 0 Å². The van der Waals surface area contributed by atoms with Gasteiger partial charge in [0, 0.05) is 48.9 Å². The summed E-state index contributed by atoms with van der Waals surface area (Å²) in [7, 11) is -0.169. The number of esters is 1. The molecule has 101 valence electrons.